The molecule has 1 saturated carbocycles. The third-order valence-electron chi connectivity index (χ3n) is 7.01. The second kappa shape index (κ2) is 20.0. The van der Waals surface area contributed by atoms with Gasteiger partial charge >= 0.3 is 11.9 Å². The molecule has 1 aromatic rings. The van der Waals surface area contributed by atoms with Crippen molar-refractivity contribution in [3.05, 3.63) is 48.0 Å². The summed E-state index contributed by atoms with van der Waals surface area (Å²) < 4.78 is 0. The Morgan fingerprint density at radius 2 is 1.65 bits per heavy atom. The van der Waals surface area contributed by atoms with Crippen LogP contribution in [0.1, 0.15) is 69.8 Å². The standard InChI is InChI=1S/C23H34O5.C6H14N4O2/c24-18(13-12-17-8-4-3-5-9-17)14-15-20-19(21(25)16-22(20)26)10-6-1-2-7-11-23(27)28;7-4(5(11)12)2-1-3-10-6(8)9/h3-5,8-9,14-15,18-22,24-26H,1-2,6-7,10-13,16H2,(H,27,28);4H,1-3,7H2,(H,11,12)(H4,8,9,10)/b15-14+;/t18-,19+,20+,21-,22+;/m0./s1. The maximum atomic E-state index is 10.5. The van der Waals surface area contributed by atoms with Gasteiger partial charge in [0.15, 0.2) is 5.96 Å². The van der Waals surface area contributed by atoms with Crippen molar-refractivity contribution in [3.8, 4) is 0 Å². The summed E-state index contributed by atoms with van der Waals surface area (Å²) >= 11 is 0. The van der Waals surface area contributed by atoms with E-state index in [1.807, 2.05) is 36.4 Å². The van der Waals surface area contributed by atoms with E-state index >= 15 is 0 Å². The summed E-state index contributed by atoms with van der Waals surface area (Å²) in [6.07, 6.45) is 9.13. The van der Waals surface area contributed by atoms with E-state index < -0.39 is 36.3 Å². The maximum Gasteiger partial charge on any atom is 0.320 e. The van der Waals surface area contributed by atoms with Gasteiger partial charge in [0.2, 0.25) is 0 Å². The van der Waals surface area contributed by atoms with Gasteiger partial charge in [0.1, 0.15) is 6.04 Å². The molecule has 0 heterocycles. The van der Waals surface area contributed by atoms with Crippen molar-refractivity contribution in [1.29, 1.82) is 0 Å². The third-order valence-corrected chi connectivity index (χ3v) is 7.01. The predicted octanol–water partition coefficient (Wildman–Crippen LogP) is 1.77. The van der Waals surface area contributed by atoms with Crippen molar-refractivity contribution < 1.29 is 35.1 Å². The van der Waals surface area contributed by atoms with Gasteiger partial charge in [-0.1, -0.05) is 61.7 Å². The highest BCUT2D eigenvalue weighted by Crippen LogP contribution is 2.37. The first kappa shape index (κ1) is 35.0. The summed E-state index contributed by atoms with van der Waals surface area (Å²) in [5.74, 6) is -1.89. The number of hydrogen-bond donors (Lipinski definition) is 8. The van der Waals surface area contributed by atoms with E-state index in [0.29, 0.717) is 38.6 Å². The molecule has 0 aliphatic heterocycles. The van der Waals surface area contributed by atoms with Crippen molar-refractivity contribution in [2.45, 2.75) is 95.0 Å². The minimum absolute atomic E-state index is 0.00736. The smallest absolute Gasteiger partial charge is 0.320 e. The lowest BCUT2D eigenvalue weighted by Gasteiger charge is -2.21. The third kappa shape index (κ3) is 15.6. The second-order valence-electron chi connectivity index (χ2n) is 10.3. The fourth-order valence-corrected chi connectivity index (χ4v) is 4.74. The Kier molecular flexibility index (Phi) is 17.5. The Bertz CT molecular complexity index is 909. The average molecular weight is 565 g/mol. The van der Waals surface area contributed by atoms with Gasteiger partial charge in [0.05, 0.1) is 18.3 Å². The van der Waals surface area contributed by atoms with Gasteiger partial charge in [-0.15, -0.1) is 0 Å². The number of aryl methyl sites for hydroxylation is 1. The molecule has 40 heavy (non-hydrogen) atoms. The second-order valence-corrected chi connectivity index (χ2v) is 10.3. The number of nitrogens with zero attached hydrogens (tertiary/aromatic N) is 1. The first-order valence-corrected chi connectivity index (χ1v) is 14.0. The molecule has 0 spiro atoms. The molecule has 11 heteroatoms. The van der Waals surface area contributed by atoms with E-state index in [1.165, 1.54) is 5.56 Å². The molecule has 0 amide bonds. The predicted molar refractivity (Wildman–Crippen MR) is 154 cm³/mol. The lowest BCUT2D eigenvalue weighted by atomic mass is 9.87. The van der Waals surface area contributed by atoms with Crippen LogP contribution in [0.4, 0.5) is 0 Å². The number of nitrogens with two attached hydrogens (primary N) is 3. The van der Waals surface area contributed by atoms with Gasteiger partial charge in [-0.05, 0) is 50.0 Å². The summed E-state index contributed by atoms with van der Waals surface area (Å²) in [7, 11) is 0. The van der Waals surface area contributed by atoms with Crippen LogP contribution in [-0.2, 0) is 16.0 Å². The zero-order valence-electron chi connectivity index (χ0n) is 23.2. The molecule has 1 aliphatic carbocycles. The summed E-state index contributed by atoms with van der Waals surface area (Å²) in [5, 5.41) is 47.9. The van der Waals surface area contributed by atoms with Crippen molar-refractivity contribution >= 4 is 17.9 Å². The number of guanidine groups is 1. The summed E-state index contributed by atoms with van der Waals surface area (Å²) in [5.41, 5.74) is 16.5. The van der Waals surface area contributed by atoms with Crippen LogP contribution in [0.15, 0.2) is 47.5 Å². The van der Waals surface area contributed by atoms with E-state index in [1.54, 1.807) is 6.08 Å². The number of carboxylic acid groups (broad SMARTS) is 2. The van der Waals surface area contributed by atoms with Crippen LogP contribution in [0.5, 0.6) is 0 Å². The quantitative estimate of drug-likeness (QED) is 0.0592. The number of carbonyl (C=O) groups is 2. The molecule has 6 atom stereocenters. The number of aliphatic imine (C=N–C) groups is 1. The van der Waals surface area contributed by atoms with E-state index in [9.17, 15) is 24.9 Å². The molecule has 0 saturated heterocycles. The van der Waals surface area contributed by atoms with Gasteiger partial charge in [-0.3, -0.25) is 14.6 Å². The molecular weight excluding hydrogens is 516 g/mol. The van der Waals surface area contributed by atoms with Gasteiger partial charge in [-0.2, -0.15) is 0 Å². The monoisotopic (exact) mass is 564 g/mol. The van der Waals surface area contributed by atoms with Gasteiger partial charge < -0.3 is 42.7 Å². The molecule has 0 bridgehead atoms. The lowest BCUT2D eigenvalue weighted by molar-refractivity contribution is -0.139. The summed E-state index contributed by atoms with van der Waals surface area (Å²) in [6, 6.07) is 9.21. The number of unbranched alkanes of at least 4 members (excludes halogenated alkanes) is 3. The fraction of sp³-hybridized carbons (Fsp3) is 0.621. The normalized spacial score (nSPS) is 21.8. The molecule has 226 valence electrons. The van der Waals surface area contributed by atoms with Crippen molar-refractivity contribution in [2.75, 3.05) is 6.54 Å². The van der Waals surface area contributed by atoms with Gasteiger partial charge in [0, 0.05) is 25.3 Å². The Hall–Kier alpha value is -2.99. The highest BCUT2D eigenvalue weighted by atomic mass is 16.4. The number of carboxylic acids is 2. The number of rotatable bonds is 17. The molecule has 1 unspecified atom stereocenters. The minimum atomic E-state index is -1.00. The molecule has 1 aromatic carbocycles. The summed E-state index contributed by atoms with van der Waals surface area (Å²) in [6.45, 7) is 0.420. The minimum Gasteiger partial charge on any atom is -0.481 e. The van der Waals surface area contributed by atoms with Crippen LogP contribution >= 0.6 is 0 Å². The maximum absolute atomic E-state index is 10.5. The average Bonchev–Trinajstić information content (AvgIpc) is 3.18. The number of aliphatic hydroxyl groups excluding tert-OH is 3. The molecule has 1 fully saturated rings. The number of aliphatic hydroxyl groups is 3. The lowest BCUT2D eigenvalue weighted by Crippen LogP contribution is -2.30. The molecule has 11 N–H and O–H groups in total. The Morgan fingerprint density at radius 1 is 0.975 bits per heavy atom. The zero-order chi connectivity index (χ0) is 29.9. The number of hydrogen-bond acceptors (Lipinski definition) is 7. The van der Waals surface area contributed by atoms with E-state index in [0.717, 1.165) is 32.1 Å². The van der Waals surface area contributed by atoms with Crippen molar-refractivity contribution in [3.63, 3.8) is 0 Å². The van der Waals surface area contributed by atoms with Crippen LogP contribution in [0.25, 0.3) is 0 Å². The molecule has 0 radical (unpaired) electrons. The number of aliphatic carboxylic acids is 2. The summed E-state index contributed by atoms with van der Waals surface area (Å²) in [4.78, 5) is 24.4. The van der Waals surface area contributed by atoms with E-state index in [-0.39, 0.29) is 24.2 Å². The Balaban J connectivity index is 0.000000562. The van der Waals surface area contributed by atoms with Gasteiger partial charge in [0.25, 0.3) is 0 Å². The van der Waals surface area contributed by atoms with Crippen LogP contribution in [-0.4, -0.2) is 74.3 Å². The van der Waals surface area contributed by atoms with Crippen molar-refractivity contribution in [2.24, 2.45) is 34.0 Å². The van der Waals surface area contributed by atoms with Gasteiger partial charge in [-0.25, -0.2) is 0 Å². The molecule has 11 nitrogen and oxygen atoms in total. The molecular formula is C29H48N4O7. The molecule has 0 aromatic heterocycles. The van der Waals surface area contributed by atoms with Crippen LogP contribution in [0, 0.1) is 11.8 Å². The molecule has 1 aliphatic rings. The van der Waals surface area contributed by atoms with Crippen LogP contribution in [0.2, 0.25) is 0 Å². The highest BCUT2D eigenvalue weighted by molar-refractivity contribution is 5.75. The fourth-order valence-electron chi connectivity index (χ4n) is 4.74. The topological polar surface area (TPSA) is 226 Å². The van der Waals surface area contributed by atoms with E-state index in [4.69, 9.17) is 27.4 Å². The largest absolute Gasteiger partial charge is 0.481 e. The van der Waals surface area contributed by atoms with Crippen molar-refractivity contribution in [1.82, 2.24) is 0 Å². The van der Waals surface area contributed by atoms with Crippen LogP contribution < -0.4 is 17.2 Å². The SMILES string of the molecule is NC(N)=NCCCC(N)C(=O)O.O=C(O)CCCCCC[C@@H]1[C@@H](/C=C/[C@@H](O)CCc2ccccc2)[C@H](O)C[C@@H]1O. The first-order valence-electron chi connectivity index (χ1n) is 14.0. The Morgan fingerprint density at radius 3 is 2.27 bits per heavy atom. The molecule has 2 rings (SSSR count). The zero-order valence-corrected chi connectivity index (χ0v) is 23.2. The highest BCUT2D eigenvalue weighted by Gasteiger charge is 2.39. The van der Waals surface area contributed by atoms with Crippen LogP contribution in [0.3, 0.4) is 0 Å². The number of benzene rings is 1. The Labute approximate surface area is 236 Å². The first-order chi connectivity index (χ1) is 19.0. The van der Waals surface area contributed by atoms with E-state index in [2.05, 4.69) is 4.99 Å².